The molecule has 3 heteroatoms. The first kappa shape index (κ1) is 15.3. The topological polar surface area (TPSA) is 32.3 Å². The summed E-state index contributed by atoms with van der Waals surface area (Å²) in [7, 11) is 0. The van der Waals surface area contributed by atoms with E-state index < -0.39 is 0 Å². The molecule has 3 aliphatic rings. The Morgan fingerprint density at radius 2 is 1.57 bits per heavy atom. The van der Waals surface area contributed by atoms with E-state index in [4.69, 9.17) is 0 Å². The van der Waals surface area contributed by atoms with Crippen molar-refractivity contribution in [3.63, 3.8) is 0 Å². The molecule has 1 atom stereocenters. The predicted octanol–water partition coefficient (Wildman–Crippen LogP) is 3.48. The number of nitrogens with zero attached hydrogens (tertiary/aromatic N) is 1. The van der Waals surface area contributed by atoms with Gasteiger partial charge in [0.1, 0.15) is 0 Å². The molecular weight excluding hydrogens is 260 g/mol. The van der Waals surface area contributed by atoms with Crippen LogP contribution >= 0.6 is 0 Å². The molecule has 0 bridgehead atoms. The maximum atomic E-state index is 12.4. The number of hydrogen-bond acceptors (Lipinski definition) is 2. The monoisotopic (exact) mass is 292 g/mol. The van der Waals surface area contributed by atoms with Crippen molar-refractivity contribution >= 4 is 5.91 Å². The van der Waals surface area contributed by atoms with Crippen LogP contribution in [0.4, 0.5) is 0 Å². The Hall–Kier alpha value is -0.570. The molecule has 0 aromatic heterocycles. The van der Waals surface area contributed by atoms with Crippen LogP contribution in [0.5, 0.6) is 0 Å². The van der Waals surface area contributed by atoms with Crippen molar-refractivity contribution in [3.8, 4) is 0 Å². The fourth-order valence-electron chi connectivity index (χ4n) is 4.46. The van der Waals surface area contributed by atoms with Gasteiger partial charge in [-0.05, 0) is 51.0 Å². The molecule has 2 aliphatic carbocycles. The van der Waals surface area contributed by atoms with Crippen LogP contribution < -0.4 is 5.32 Å². The van der Waals surface area contributed by atoms with Crippen molar-refractivity contribution < 1.29 is 4.79 Å². The first-order chi connectivity index (χ1) is 10.3. The van der Waals surface area contributed by atoms with Crippen LogP contribution in [0.1, 0.15) is 77.0 Å². The Labute approximate surface area is 129 Å². The van der Waals surface area contributed by atoms with E-state index in [1.165, 1.54) is 77.0 Å². The molecule has 3 fully saturated rings. The van der Waals surface area contributed by atoms with Crippen LogP contribution in [0.2, 0.25) is 0 Å². The van der Waals surface area contributed by atoms with E-state index in [9.17, 15) is 4.79 Å². The van der Waals surface area contributed by atoms with E-state index in [2.05, 4.69) is 10.2 Å². The number of rotatable bonds is 4. The Morgan fingerprint density at radius 1 is 0.857 bits per heavy atom. The van der Waals surface area contributed by atoms with Crippen molar-refractivity contribution in [1.29, 1.82) is 0 Å². The minimum atomic E-state index is 0.284. The number of nitrogens with one attached hydrogen (secondary N) is 1. The first-order valence-electron chi connectivity index (χ1n) is 9.36. The number of likely N-dealkylation sites (tertiary alicyclic amines) is 1. The Morgan fingerprint density at radius 3 is 2.24 bits per heavy atom. The molecule has 1 saturated heterocycles. The Bertz CT molecular complexity index is 332. The predicted molar refractivity (Wildman–Crippen MR) is 86.2 cm³/mol. The van der Waals surface area contributed by atoms with Crippen LogP contribution in [0.15, 0.2) is 0 Å². The van der Waals surface area contributed by atoms with Crippen molar-refractivity contribution in [2.75, 3.05) is 13.1 Å². The zero-order valence-corrected chi connectivity index (χ0v) is 13.5. The summed E-state index contributed by atoms with van der Waals surface area (Å²) in [5.74, 6) is 1.17. The highest BCUT2D eigenvalue weighted by molar-refractivity contribution is 5.78. The van der Waals surface area contributed by atoms with Gasteiger partial charge < -0.3 is 5.32 Å². The highest BCUT2D eigenvalue weighted by Crippen LogP contribution is 2.36. The summed E-state index contributed by atoms with van der Waals surface area (Å²) >= 11 is 0. The average Bonchev–Trinajstić information content (AvgIpc) is 2.78. The van der Waals surface area contributed by atoms with Gasteiger partial charge in [0.15, 0.2) is 0 Å². The molecule has 120 valence electrons. The molecule has 0 spiro atoms. The molecule has 0 radical (unpaired) electrons. The molecule has 0 aromatic carbocycles. The normalized spacial score (nSPS) is 29.6. The van der Waals surface area contributed by atoms with Crippen LogP contribution in [0, 0.1) is 5.92 Å². The van der Waals surface area contributed by atoms with Gasteiger partial charge in [0.2, 0.25) is 5.91 Å². The summed E-state index contributed by atoms with van der Waals surface area (Å²) in [6.45, 7) is 1.79. The lowest BCUT2D eigenvalue weighted by atomic mass is 9.79. The second kappa shape index (κ2) is 7.62. The van der Waals surface area contributed by atoms with E-state index in [0.29, 0.717) is 18.6 Å². The number of carbonyl (C=O) groups excluding carboxylic acids is 1. The highest BCUT2D eigenvalue weighted by atomic mass is 16.2. The molecule has 1 aliphatic heterocycles. The largest absolute Gasteiger partial charge is 0.352 e. The van der Waals surface area contributed by atoms with E-state index >= 15 is 0 Å². The van der Waals surface area contributed by atoms with Crippen molar-refractivity contribution in [3.05, 3.63) is 0 Å². The maximum absolute atomic E-state index is 12.4. The smallest absolute Gasteiger partial charge is 0.234 e. The fourth-order valence-corrected chi connectivity index (χ4v) is 4.46. The third-order valence-corrected chi connectivity index (χ3v) is 5.93. The third-order valence-electron chi connectivity index (χ3n) is 5.93. The van der Waals surface area contributed by atoms with Gasteiger partial charge in [-0.2, -0.15) is 0 Å². The van der Waals surface area contributed by atoms with Crippen LogP contribution in [-0.2, 0) is 4.79 Å². The Balaban J connectivity index is 1.44. The van der Waals surface area contributed by atoms with E-state index in [1.807, 2.05) is 0 Å². The van der Waals surface area contributed by atoms with Gasteiger partial charge >= 0.3 is 0 Å². The van der Waals surface area contributed by atoms with E-state index in [0.717, 1.165) is 12.5 Å². The van der Waals surface area contributed by atoms with Gasteiger partial charge in [-0.1, -0.05) is 38.5 Å². The summed E-state index contributed by atoms with van der Waals surface area (Å²) < 4.78 is 0. The molecule has 2 saturated carbocycles. The Kier molecular flexibility index (Phi) is 5.56. The molecule has 1 N–H and O–H groups in total. The lowest BCUT2D eigenvalue weighted by Crippen LogP contribution is -2.46. The minimum Gasteiger partial charge on any atom is -0.352 e. The first-order valence-corrected chi connectivity index (χ1v) is 9.36. The van der Waals surface area contributed by atoms with Crippen LogP contribution in [0.25, 0.3) is 0 Å². The lowest BCUT2D eigenvalue weighted by Gasteiger charge is -2.37. The zero-order valence-electron chi connectivity index (χ0n) is 13.5. The van der Waals surface area contributed by atoms with Crippen LogP contribution in [-0.4, -0.2) is 36.0 Å². The molecule has 1 amide bonds. The van der Waals surface area contributed by atoms with Crippen molar-refractivity contribution in [2.45, 2.75) is 89.1 Å². The quantitative estimate of drug-likeness (QED) is 0.860. The number of hydrogen-bond donors (Lipinski definition) is 1. The molecule has 21 heavy (non-hydrogen) atoms. The molecule has 0 aromatic rings. The van der Waals surface area contributed by atoms with Gasteiger partial charge in [0, 0.05) is 12.1 Å². The lowest BCUT2D eigenvalue weighted by molar-refractivity contribution is -0.123. The van der Waals surface area contributed by atoms with E-state index in [-0.39, 0.29) is 5.91 Å². The molecule has 1 unspecified atom stereocenters. The maximum Gasteiger partial charge on any atom is 0.234 e. The average molecular weight is 292 g/mol. The molecule has 3 rings (SSSR count). The molecule has 1 heterocycles. The second-order valence-corrected chi connectivity index (χ2v) is 7.48. The van der Waals surface area contributed by atoms with Gasteiger partial charge in [-0.15, -0.1) is 0 Å². The third kappa shape index (κ3) is 4.21. The van der Waals surface area contributed by atoms with Crippen LogP contribution in [0.3, 0.4) is 0 Å². The van der Waals surface area contributed by atoms with Crippen molar-refractivity contribution in [2.24, 2.45) is 5.92 Å². The second-order valence-electron chi connectivity index (χ2n) is 7.48. The number of carbonyl (C=O) groups is 1. The molecule has 3 nitrogen and oxygen atoms in total. The fraction of sp³-hybridized carbons (Fsp3) is 0.944. The van der Waals surface area contributed by atoms with Gasteiger partial charge in [-0.3, -0.25) is 9.69 Å². The summed E-state index contributed by atoms with van der Waals surface area (Å²) in [5.41, 5.74) is 0. The summed E-state index contributed by atoms with van der Waals surface area (Å²) in [6.07, 6.45) is 15.9. The van der Waals surface area contributed by atoms with Gasteiger partial charge in [0.05, 0.1) is 6.54 Å². The van der Waals surface area contributed by atoms with Gasteiger partial charge in [0.25, 0.3) is 0 Å². The minimum absolute atomic E-state index is 0.284. The summed E-state index contributed by atoms with van der Waals surface area (Å²) in [4.78, 5) is 14.9. The van der Waals surface area contributed by atoms with E-state index in [1.54, 1.807) is 0 Å². The summed E-state index contributed by atoms with van der Waals surface area (Å²) in [6, 6.07) is 1.16. The van der Waals surface area contributed by atoms with Gasteiger partial charge in [-0.25, -0.2) is 0 Å². The number of amides is 1. The highest BCUT2D eigenvalue weighted by Gasteiger charge is 2.35. The molecular formula is C18H32N2O. The zero-order chi connectivity index (χ0) is 14.5. The standard InChI is InChI=1S/C18H32N2O/c21-18(19-16-10-4-2-1-3-5-11-16)14-20-13-7-12-17(20)15-8-6-9-15/h15-17H,1-14H2,(H,19,21). The van der Waals surface area contributed by atoms with Crippen molar-refractivity contribution in [1.82, 2.24) is 10.2 Å². The summed E-state index contributed by atoms with van der Waals surface area (Å²) in [5, 5.41) is 3.33. The SMILES string of the molecule is O=C(CN1CCCC1C1CCC1)NC1CCCCCCC1.